The van der Waals surface area contributed by atoms with Gasteiger partial charge in [-0.3, -0.25) is 9.59 Å². The first kappa shape index (κ1) is 17.0. The van der Waals surface area contributed by atoms with Crippen molar-refractivity contribution in [3.63, 3.8) is 0 Å². The summed E-state index contributed by atoms with van der Waals surface area (Å²) in [5.74, 6) is 0.657. The van der Waals surface area contributed by atoms with Gasteiger partial charge in [-0.15, -0.1) is 0 Å². The number of hydrogen-bond acceptors (Lipinski definition) is 4. The van der Waals surface area contributed by atoms with Gasteiger partial charge in [0.1, 0.15) is 5.54 Å². The Labute approximate surface area is 142 Å². The fourth-order valence-electron chi connectivity index (χ4n) is 3.35. The van der Waals surface area contributed by atoms with E-state index in [2.05, 4.69) is 10.3 Å². The number of methoxy groups -OCH3 is 1. The standard InChI is InChI=1S/C17H26N4O3/c1-24-10-5-15(22)20-8-2-6-17(12-20,21-9-7-18-13-21)16(23)19-11-14-3-4-14/h7,9,13-14H,2-6,8,10-12H2,1H3,(H,19,23). The Kier molecular flexibility index (Phi) is 5.18. The molecule has 1 aromatic rings. The minimum atomic E-state index is -0.758. The topological polar surface area (TPSA) is 76.5 Å². The highest BCUT2D eigenvalue weighted by atomic mass is 16.5. The number of likely N-dealkylation sites (tertiary alicyclic amines) is 1. The molecular weight excluding hydrogens is 308 g/mol. The number of imidazole rings is 1. The van der Waals surface area contributed by atoms with Crippen LogP contribution in [0.4, 0.5) is 0 Å². The molecule has 1 atom stereocenters. The number of rotatable bonds is 7. The third kappa shape index (κ3) is 3.61. The Bertz CT molecular complexity index is 570. The van der Waals surface area contributed by atoms with Gasteiger partial charge in [-0.25, -0.2) is 4.98 Å². The Morgan fingerprint density at radius 3 is 2.92 bits per heavy atom. The zero-order valence-electron chi connectivity index (χ0n) is 14.2. The molecule has 3 rings (SSSR count). The van der Waals surface area contributed by atoms with Gasteiger partial charge in [-0.05, 0) is 31.6 Å². The van der Waals surface area contributed by atoms with Crippen molar-refractivity contribution < 1.29 is 14.3 Å². The Morgan fingerprint density at radius 1 is 1.42 bits per heavy atom. The van der Waals surface area contributed by atoms with Gasteiger partial charge in [0.2, 0.25) is 11.8 Å². The molecule has 132 valence electrons. The first-order valence-electron chi connectivity index (χ1n) is 8.69. The lowest BCUT2D eigenvalue weighted by atomic mass is 9.87. The van der Waals surface area contributed by atoms with Crippen molar-refractivity contribution in [2.24, 2.45) is 5.92 Å². The molecule has 0 spiro atoms. The Hall–Kier alpha value is -1.89. The van der Waals surface area contributed by atoms with E-state index in [-0.39, 0.29) is 11.8 Å². The molecule has 2 fully saturated rings. The second-order valence-electron chi connectivity index (χ2n) is 6.82. The number of amides is 2. The Balaban J connectivity index is 1.76. The molecule has 2 amide bonds. The number of aromatic nitrogens is 2. The molecule has 0 radical (unpaired) electrons. The summed E-state index contributed by atoms with van der Waals surface area (Å²) in [4.78, 5) is 31.3. The highest BCUT2D eigenvalue weighted by molar-refractivity contribution is 5.86. The van der Waals surface area contributed by atoms with Crippen LogP contribution in [0.5, 0.6) is 0 Å². The van der Waals surface area contributed by atoms with Crippen LogP contribution in [0.3, 0.4) is 0 Å². The molecule has 7 heteroatoms. The van der Waals surface area contributed by atoms with Crippen LogP contribution < -0.4 is 5.32 Å². The van der Waals surface area contributed by atoms with E-state index >= 15 is 0 Å². The largest absolute Gasteiger partial charge is 0.384 e. The van der Waals surface area contributed by atoms with Crippen molar-refractivity contribution >= 4 is 11.8 Å². The molecule has 1 N–H and O–H groups in total. The van der Waals surface area contributed by atoms with Gasteiger partial charge in [0.25, 0.3) is 0 Å². The summed E-state index contributed by atoms with van der Waals surface area (Å²) in [7, 11) is 1.59. The minimum Gasteiger partial charge on any atom is -0.384 e. The third-order valence-corrected chi connectivity index (χ3v) is 5.01. The lowest BCUT2D eigenvalue weighted by Crippen LogP contribution is -2.59. The summed E-state index contributed by atoms with van der Waals surface area (Å²) >= 11 is 0. The van der Waals surface area contributed by atoms with Crippen LogP contribution in [0.1, 0.15) is 32.1 Å². The smallest absolute Gasteiger partial charge is 0.248 e. The molecular formula is C17H26N4O3. The highest BCUT2D eigenvalue weighted by Gasteiger charge is 2.45. The van der Waals surface area contributed by atoms with Crippen LogP contribution in [0.15, 0.2) is 18.7 Å². The minimum absolute atomic E-state index is 0.00311. The van der Waals surface area contributed by atoms with Gasteiger partial charge < -0.3 is 19.5 Å². The van der Waals surface area contributed by atoms with Crippen molar-refractivity contribution in [3.05, 3.63) is 18.7 Å². The van der Waals surface area contributed by atoms with E-state index in [9.17, 15) is 9.59 Å². The van der Waals surface area contributed by atoms with E-state index in [0.717, 1.165) is 13.0 Å². The summed E-state index contributed by atoms with van der Waals surface area (Å²) < 4.78 is 6.87. The SMILES string of the molecule is COCCC(=O)N1CCCC(C(=O)NCC2CC2)(n2ccnc2)C1. The fraction of sp³-hybridized carbons (Fsp3) is 0.706. The second kappa shape index (κ2) is 7.34. The van der Waals surface area contributed by atoms with E-state index < -0.39 is 5.54 Å². The second-order valence-corrected chi connectivity index (χ2v) is 6.82. The number of ether oxygens (including phenoxy) is 1. The molecule has 0 bridgehead atoms. The molecule has 1 saturated heterocycles. The number of carbonyl (C=O) groups is 2. The maximum Gasteiger partial charge on any atom is 0.248 e. The Morgan fingerprint density at radius 2 is 2.25 bits per heavy atom. The molecule has 1 aliphatic carbocycles. The molecule has 1 saturated carbocycles. The van der Waals surface area contributed by atoms with Crippen LogP contribution in [-0.2, 0) is 19.9 Å². The molecule has 2 heterocycles. The lowest BCUT2D eigenvalue weighted by molar-refractivity contribution is -0.141. The molecule has 1 aliphatic heterocycles. The maximum absolute atomic E-state index is 13.0. The highest BCUT2D eigenvalue weighted by Crippen LogP contribution is 2.31. The molecule has 1 aromatic heterocycles. The summed E-state index contributed by atoms with van der Waals surface area (Å²) in [6.07, 6.45) is 9.43. The van der Waals surface area contributed by atoms with Crippen LogP contribution in [0.2, 0.25) is 0 Å². The van der Waals surface area contributed by atoms with Gasteiger partial charge >= 0.3 is 0 Å². The zero-order chi connectivity index (χ0) is 17.0. The molecule has 7 nitrogen and oxygen atoms in total. The first-order chi connectivity index (χ1) is 11.7. The molecule has 0 aromatic carbocycles. The summed E-state index contributed by atoms with van der Waals surface area (Å²) in [5.41, 5.74) is -0.758. The van der Waals surface area contributed by atoms with E-state index in [0.29, 0.717) is 38.5 Å². The van der Waals surface area contributed by atoms with E-state index in [1.165, 1.54) is 12.8 Å². The summed E-state index contributed by atoms with van der Waals surface area (Å²) in [6, 6.07) is 0. The normalized spacial score (nSPS) is 24.0. The number of nitrogens with one attached hydrogen (secondary N) is 1. The van der Waals surface area contributed by atoms with Crippen LogP contribution in [0.25, 0.3) is 0 Å². The fourth-order valence-corrected chi connectivity index (χ4v) is 3.35. The van der Waals surface area contributed by atoms with Crippen molar-refractivity contribution in [2.45, 2.75) is 37.6 Å². The van der Waals surface area contributed by atoms with Gasteiger partial charge in [0.05, 0.1) is 25.9 Å². The summed E-state index contributed by atoms with van der Waals surface area (Å²) in [5, 5.41) is 3.10. The van der Waals surface area contributed by atoms with Crippen LogP contribution in [-0.4, -0.2) is 59.6 Å². The van der Waals surface area contributed by atoms with Gasteiger partial charge in [-0.2, -0.15) is 0 Å². The number of carbonyl (C=O) groups excluding carboxylic acids is 2. The average molecular weight is 334 g/mol. The van der Waals surface area contributed by atoms with E-state index in [1.807, 2.05) is 10.8 Å². The monoisotopic (exact) mass is 334 g/mol. The van der Waals surface area contributed by atoms with E-state index in [4.69, 9.17) is 4.74 Å². The zero-order valence-corrected chi connectivity index (χ0v) is 14.2. The molecule has 1 unspecified atom stereocenters. The quantitative estimate of drug-likeness (QED) is 0.799. The number of nitrogens with zero attached hydrogens (tertiary/aromatic N) is 3. The number of piperidine rings is 1. The lowest BCUT2D eigenvalue weighted by Gasteiger charge is -2.42. The van der Waals surface area contributed by atoms with Gasteiger partial charge in [-0.1, -0.05) is 0 Å². The van der Waals surface area contributed by atoms with Crippen molar-refractivity contribution in [3.8, 4) is 0 Å². The third-order valence-electron chi connectivity index (χ3n) is 5.01. The van der Waals surface area contributed by atoms with Crippen molar-refractivity contribution in [1.29, 1.82) is 0 Å². The van der Waals surface area contributed by atoms with Crippen LogP contribution in [0, 0.1) is 5.92 Å². The average Bonchev–Trinajstić information content (AvgIpc) is 3.27. The van der Waals surface area contributed by atoms with Gasteiger partial charge in [0.15, 0.2) is 0 Å². The van der Waals surface area contributed by atoms with Crippen molar-refractivity contribution in [2.75, 3.05) is 33.4 Å². The predicted octanol–water partition coefficient (Wildman–Crippen LogP) is 0.764. The molecule has 24 heavy (non-hydrogen) atoms. The first-order valence-corrected chi connectivity index (χ1v) is 8.69. The number of hydrogen-bond donors (Lipinski definition) is 1. The predicted molar refractivity (Wildman–Crippen MR) is 88.2 cm³/mol. The maximum atomic E-state index is 13.0. The van der Waals surface area contributed by atoms with Crippen molar-refractivity contribution in [1.82, 2.24) is 19.8 Å². The molecule has 2 aliphatic rings. The van der Waals surface area contributed by atoms with Gasteiger partial charge in [0, 0.05) is 32.6 Å². The van der Waals surface area contributed by atoms with E-state index in [1.54, 1.807) is 24.5 Å². The summed E-state index contributed by atoms with van der Waals surface area (Å²) in [6.45, 7) is 2.21. The van der Waals surface area contributed by atoms with Crippen LogP contribution >= 0.6 is 0 Å².